The fourth-order valence-electron chi connectivity index (χ4n) is 3.70. The quantitative estimate of drug-likeness (QED) is 0.291. The van der Waals surface area contributed by atoms with E-state index in [1.807, 2.05) is 0 Å². The van der Waals surface area contributed by atoms with E-state index in [4.69, 9.17) is 4.42 Å². The van der Waals surface area contributed by atoms with Gasteiger partial charge in [0, 0.05) is 12.6 Å². The van der Waals surface area contributed by atoms with E-state index in [1.165, 1.54) is 89.9 Å². The highest BCUT2D eigenvalue weighted by Crippen LogP contribution is 2.14. The number of fused-ring (bicyclic) bond motifs is 1. The highest BCUT2D eigenvalue weighted by Gasteiger charge is 2.06. The molecule has 0 fully saturated rings. The molecule has 2 aromatic heterocycles. The summed E-state index contributed by atoms with van der Waals surface area (Å²) in [6.07, 6.45) is 22.6. The Kier molecular flexibility index (Phi) is 11.5. The zero-order valence-electron chi connectivity index (χ0n) is 17.8. The lowest BCUT2D eigenvalue weighted by molar-refractivity contribution is 0.432. The number of unbranched alkanes of at least 4 members (excludes halogenated alkanes) is 14. The van der Waals surface area contributed by atoms with Crippen molar-refractivity contribution in [2.75, 3.05) is 0 Å². The molecule has 0 radical (unpaired) electrons. The SMILES string of the molecule is CCCCCCCCCCCCCCCCCc1nc2ncccc2c(=O)o1. The molecule has 4 heteroatoms. The second-order valence-corrected chi connectivity index (χ2v) is 7.97. The van der Waals surface area contributed by atoms with Gasteiger partial charge in [-0.2, -0.15) is 4.98 Å². The molecule has 0 amide bonds. The van der Waals surface area contributed by atoms with Crippen molar-refractivity contribution in [3.05, 3.63) is 34.6 Å². The first kappa shape index (κ1) is 22.6. The molecule has 0 bridgehead atoms. The third-order valence-electron chi connectivity index (χ3n) is 5.44. The third kappa shape index (κ3) is 8.99. The average molecular weight is 387 g/mol. The smallest absolute Gasteiger partial charge is 0.348 e. The molecule has 0 N–H and O–H groups in total. The van der Waals surface area contributed by atoms with Gasteiger partial charge in [-0.15, -0.1) is 0 Å². The van der Waals surface area contributed by atoms with Crippen molar-refractivity contribution in [3.8, 4) is 0 Å². The lowest BCUT2D eigenvalue weighted by Crippen LogP contribution is -2.06. The average Bonchev–Trinajstić information content (AvgIpc) is 2.71. The highest BCUT2D eigenvalue weighted by molar-refractivity contribution is 5.72. The van der Waals surface area contributed by atoms with Crippen LogP contribution in [0.5, 0.6) is 0 Å². The number of nitrogens with zero attached hydrogens (tertiary/aromatic N) is 2. The van der Waals surface area contributed by atoms with Crippen LogP contribution >= 0.6 is 0 Å². The fourth-order valence-corrected chi connectivity index (χ4v) is 3.70. The maximum Gasteiger partial charge on any atom is 0.348 e. The number of pyridine rings is 1. The van der Waals surface area contributed by atoms with E-state index in [0.29, 0.717) is 16.9 Å². The van der Waals surface area contributed by atoms with Crippen molar-refractivity contribution in [2.45, 2.75) is 110 Å². The largest absolute Gasteiger partial charge is 0.408 e. The molecule has 0 saturated carbocycles. The molecule has 0 atom stereocenters. The van der Waals surface area contributed by atoms with Crippen molar-refractivity contribution in [1.29, 1.82) is 0 Å². The molecular weight excluding hydrogens is 348 g/mol. The maximum absolute atomic E-state index is 11.9. The van der Waals surface area contributed by atoms with E-state index in [9.17, 15) is 4.79 Å². The Labute approximate surface area is 170 Å². The van der Waals surface area contributed by atoms with Gasteiger partial charge in [-0.1, -0.05) is 96.8 Å². The van der Waals surface area contributed by atoms with Crippen molar-refractivity contribution >= 4 is 11.0 Å². The van der Waals surface area contributed by atoms with Crippen molar-refractivity contribution in [1.82, 2.24) is 9.97 Å². The first-order chi connectivity index (χ1) is 13.8. The zero-order valence-corrected chi connectivity index (χ0v) is 17.8. The molecule has 28 heavy (non-hydrogen) atoms. The van der Waals surface area contributed by atoms with Gasteiger partial charge in [-0.3, -0.25) is 0 Å². The number of hydrogen-bond acceptors (Lipinski definition) is 4. The standard InChI is InChI=1S/C24H38N2O2/c1-2-3-4-5-6-7-8-9-10-11-12-13-14-15-16-19-22-26-23-21(24(27)28-22)18-17-20-25-23/h17-18,20H,2-16,19H2,1H3. The Hall–Kier alpha value is -1.71. The highest BCUT2D eigenvalue weighted by atomic mass is 16.4. The lowest BCUT2D eigenvalue weighted by Gasteiger charge is -2.03. The Bertz CT molecular complexity index is 711. The van der Waals surface area contributed by atoms with Gasteiger partial charge in [0.15, 0.2) is 5.65 Å². The van der Waals surface area contributed by atoms with E-state index in [0.717, 1.165) is 12.8 Å². The van der Waals surface area contributed by atoms with Gasteiger partial charge < -0.3 is 4.42 Å². The summed E-state index contributed by atoms with van der Waals surface area (Å²) in [5.74, 6) is 0.519. The maximum atomic E-state index is 11.9. The van der Waals surface area contributed by atoms with Gasteiger partial charge in [0.05, 0.1) is 0 Å². The molecule has 0 aliphatic carbocycles. The Morgan fingerprint density at radius 3 is 1.89 bits per heavy atom. The molecule has 156 valence electrons. The fraction of sp³-hybridized carbons (Fsp3) is 0.708. The van der Waals surface area contributed by atoms with Crippen molar-refractivity contribution in [3.63, 3.8) is 0 Å². The van der Waals surface area contributed by atoms with Crippen molar-refractivity contribution < 1.29 is 4.42 Å². The second-order valence-electron chi connectivity index (χ2n) is 7.97. The molecule has 0 saturated heterocycles. The molecule has 0 unspecified atom stereocenters. The van der Waals surface area contributed by atoms with Gasteiger partial charge in [-0.05, 0) is 18.6 Å². The Balaban J connectivity index is 1.43. The van der Waals surface area contributed by atoms with Gasteiger partial charge in [0.25, 0.3) is 0 Å². The number of hydrogen-bond donors (Lipinski definition) is 0. The van der Waals surface area contributed by atoms with Crippen LogP contribution in [0.4, 0.5) is 0 Å². The van der Waals surface area contributed by atoms with Crippen LogP contribution in [0.2, 0.25) is 0 Å². The number of aryl methyl sites for hydroxylation is 1. The van der Waals surface area contributed by atoms with Crippen LogP contribution in [0, 0.1) is 0 Å². The van der Waals surface area contributed by atoms with Crippen LogP contribution in [0.25, 0.3) is 11.0 Å². The van der Waals surface area contributed by atoms with E-state index >= 15 is 0 Å². The summed E-state index contributed by atoms with van der Waals surface area (Å²) in [7, 11) is 0. The summed E-state index contributed by atoms with van der Waals surface area (Å²) >= 11 is 0. The van der Waals surface area contributed by atoms with Crippen LogP contribution in [-0.2, 0) is 6.42 Å². The molecule has 4 nitrogen and oxygen atoms in total. The third-order valence-corrected chi connectivity index (χ3v) is 5.44. The number of aromatic nitrogens is 2. The molecule has 0 spiro atoms. The molecular formula is C24H38N2O2. The molecule has 2 aromatic rings. The topological polar surface area (TPSA) is 56.0 Å². The summed E-state index contributed by atoms with van der Waals surface area (Å²) in [5.41, 5.74) is 0.170. The minimum absolute atomic E-state index is 0.325. The van der Waals surface area contributed by atoms with Gasteiger partial charge >= 0.3 is 5.63 Å². The summed E-state index contributed by atoms with van der Waals surface area (Å²) in [4.78, 5) is 20.4. The predicted octanol–water partition coefficient (Wildman–Crippen LogP) is 7.00. The first-order valence-corrected chi connectivity index (χ1v) is 11.6. The second kappa shape index (κ2) is 14.3. The van der Waals surface area contributed by atoms with E-state index < -0.39 is 0 Å². The summed E-state index contributed by atoms with van der Waals surface area (Å²) in [6, 6.07) is 3.44. The van der Waals surface area contributed by atoms with Crippen molar-refractivity contribution in [2.24, 2.45) is 0 Å². The lowest BCUT2D eigenvalue weighted by atomic mass is 10.0. The molecule has 0 aliphatic rings. The van der Waals surface area contributed by atoms with Crippen LogP contribution in [-0.4, -0.2) is 9.97 Å². The number of rotatable bonds is 16. The van der Waals surface area contributed by atoms with Gasteiger partial charge in [-0.25, -0.2) is 9.78 Å². The van der Waals surface area contributed by atoms with Crippen LogP contribution in [0.1, 0.15) is 109 Å². The van der Waals surface area contributed by atoms with E-state index in [-0.39, 0.29) is 5.63 Å². The summed E-state index contributed by atoms with van der Waals surface area (Å²) in [6.45, 7) is 2.28. The Morgan fingerprint density at radius 1 is 0.786 bits per heavy atom. The Morgan fingerprint density at radius 2 is 1.32 bits per heavy atom. The zero-order chi connectivity index (χ0) is 19.9. The van der Waals surface area contributed by atoms with Crippen LogP contribution < -0.4 is 5.63 Å². The van der Waals surface area contributed by atoms with Gasteiger partial charge in [0.1, 0.15) is 5.39 Å². The van der Waals surface area contributed by atoms with Crippen LogP contribution in [0.3, 0.4) is 0 Å². The molecule has 2 heterocycles. The normalized spacial score (nSPS) is 11.3. The van der Waals surface area contributed by atoms with E-state index in [1.54, 1.807) is 18.3 Å². The van der Waals surface area contributed by atoms with E-state index in [2.05, 4.69) is 16.9 Å². The van der Waals surface area contributed by atoms with Crippen LogP contribution in [0.15, 0.2) is 27.5 Å². The monoisotopic (exact) mass is 386 g/mol. The summed E-state index contributed by atoms with van der Waals surface area (Å²) < 4.78 is 5.30. The first-order valence-electron chi connectivity index (χ1n) is 11.6. The molecule has 2 rings (SSSR count). The minimum atomic E-state index is -0.325. The summed E-state index contributed by atoms with van der Waals surface area (Å²) in [5, 5.41) is 0.461. The molecule has 0 aromatic carbocycles. The minimum Gasteiger partial charge on any atom is -0.408 e. The van der Waals surface area contributed by atoms with Gasteiger partial charge in [0.2, 0.25) is 5.89 Å². The molecule has 0 aliphatic heterocycles. The predicted molar refractivity (Wildman–Crippen MR) is 117 cm³/mol.